The number of hydrogen-bond donors (Lipinski definition) is 1. The van der Waals surface area contributed by atoms with Crippen LogP contribution >= 0.6 is 11.3 Å². The number of nitrogens with two attached hydrogens (primary N) is 1. The van der Waals surface area contributed by atoms with Crippen LogP contribution in [0.3, 0.4) is 0 Å². The van der Waals surface area contributed by atoms with Crippen molar-refractivity contribution in [3.05, 3.63) is 46.5 Å². The number of hydrogen-bond acceptors (Lipinski definition) is 4. The first-order valence-electron chi connectivity index (χ1n) is 6.62. The van der Waals surface area contributed by atoms with Crippen LogP contribution in [0.25, 0.3) is 0 Å². The van der Waals surface area contributed by atoms with Gasteiger partial charge in [-0.05, 0) is 25.0 Å². The normalized spacial score (nSPS) is 10.5. The summed E-state index contributed by atoms with van der Waals surface area (Å²) in [5.41, 5.74) is 8.73. The van der Waals surface area contributed by atoms with Crippen LogP contribution in [0.4, 0.5) is 5.13 Å². The van der Waals surface area contributed by atoms with E-state index in [1.807, 2.05) is 29.3 Å². The second-order valence-corrected chi connectivity index (χ2v) is 5.58. The number of carbonyl (C=O) groups excluding carboxylic acids is 1. The Kier molecular flexibility index (Phi) is 4.74. The lowest BCUT2D eigenvalue weighted by Gasteiger charge is -2.21. The molecule has 0 aliphatic carbocycles. The summed E-state index contributed by atoms with van der Waals surface area (Å²) in [6, 6.07) is 8.14. The summed E-state index contributed by atoms with van der Waals surface area (Å²) in [4.78, 5) is 18.3. The minimum Gasteiger partial charge on any atom is -0.375 e. The van der Waals surface area contributed by atoms with Gasteiger partial charge in [-0.15, -0.1) is 11.3 Å². The summed E-state index contributed by atoms with van der Waals surface area (Å²) in [7, 11) is 0. The number of likely N-dealkylation sites (N-methyl/N-ethyl adjacent to an activating group) is 1. The Morgan fingerprint density at radius 3 is 2.75 bits per heavy atom. The number of thiazole rings is 1. The number of nitrogens with zero attached hydrogens (tertiary/aromatic N) is 2. The molecule has 20 heavy (non-hydrogen) atoms. The van der Waals surface area contributed by atoms with E-state index in [-0.39, 0.29) is 5.91 Å². The molecule has 1 aromatic carbocycles. The summed E-state index contributed by atoms with van der Waals surface area (Å²) in [6.07, 6.45) is 0.313. The van der Waals surface area contributed by atoms with Crippen LogP contribution in [0.1, 0.15) is 23.7 Å². The van der Waals surface area contributed by atoms with Gasteiger partial charge in [-0.2, -0.15) is 0 Å². The molecule has 0 spiro atoms. The van der Waals surface area contributed by atoms with Crippen molar-refractivity contribution in [3.8, 4) is 0 Å². The third-order valence-corrected chi connectivity index (χ3v) is 3.98. The molecule has 0 saturated carbocycles. The Bertz CT molecular complexity index is 594. The Morgan fingerprint density at radius 2 is 2.15 bits per heavy atom. The lowest BCUT2D eigenvalue weighted by molar-refractivity contribution is -0.130. The zero-order valence-corrected chi connectivity index (χ0v) is 12.6. The molecule has 2 rings (SSSR count). The second kappa shape index (κ2) is 6.52. The maximum atomic E-state index is 12.3. The predicted molar refractivity (Wildman–Crippen MR) is 82.5 cm³/mol. The molecule has 0 unspecified atom stereocenters. The molecule has 5 heteroatoms. The molecule has 0 fully saturated rings. The maximum absolute atomic E-state index is 12.3. The van der Waals surface area contributed by atoms with Crippen molar-refractivity contribution in [1.29, 1.82) is 0 Å². The highest BCUT2D eigenvalue weighted by molar-refractivity contribution is 7.13. The van der Waals surface area contributed by atoms with Gasteiger partial charge in [0.2, 0.25) is 5.91 Å². The fourth-order valence-electron chi connectivity index (χ4n) is 2.04. The summed E-state index contributed by atoms with van der Waals surface area (Å²) in [5.74, 6) is 0.0843. The van der Waals surface area contributed by atoms with Crippen molar-refractivity contribution >= 4 is 22.4 Å². The number of amides is 1. The van der Waals surface area contributed by atoms with Gasteiger partial charge in [0, 0.05) is 18.5 Å². The van der Waals surface area contributed by atoms with E-state index in [9.17, 15) is 4.79 Å². The molecule has 2 aromatic rings. The number of nitrogen functional groups attached to an aromatic ring is 1. The Morgan fingerprint density at radius 1 is 1.40 bits per heavy atom. The Balaban J connectivity index is 2.04. The van der Waals surface area contributed by atoms with E-state index in [4.69, 9.17) is 5.73 Å². The van der Waals surface area contributed by atoms with Gasteiger partial charge in [0.05, 0.1) is 12.1 Å². The van der Waals surface area contributed by atoms with Crippen LogP contribution in [-0.4, -0.2) is 22.3 Å². The van der Waals surface area contributed by atoms with E-state index >= 15 is 0 Å². The van der Waals surface area contributed by atoms with E-state index in [0.717, 1.165) is 5.69 Å². The zero-order chi connectivity index (χ0) is 14.5. The molecule has 2 N–H and O–H groups in total. The fraction of sp³-hybridized carbons (Fsp3) is 0.333. The lowest BCUT2D eigenvalue weighted by Crippen LogP contribution is -2.32. The SMILES string of the molecule is CCN(Cc1ccccc1C)C(=O)Cc1csc(N)n1. The minimum atomic E-state index is 0.0843. The first-order valence-corrected chi connectivity index (χ1v) is 7.50. The van der Waals surface area contributed by atoms with Crippen LogP contribution in [0.5, 0.6) is 0 Å². The molecule has 0 saturated heterocycles. The van der Waals surface area contributed by atoms with Gasteiger partial charge in [0.15, 0.2) is 5.13 Å². The van der Waals surface area contributed by atoms with E-state index in [2.05, 4.69) is 24.0 Å². The van der Waals surface area contributed by atoms with E-state index in [1.165, 1.54) is 22.5 Å². The van der Waals surface area contributed by atoms with Gasteiger partial charge in [0.25, 0.3) is 0 Å². The number of aryl methyl sites for hydroxylation is 1. The van der Waals surface area contributed by atoms with E-state index < -0.39 is 0 Å². The third kappa shape index (κ3) is 3.57. The average molecular weight is 289 g/mol. The largest absolute Gasteiger partial charge is 0.375 e. The van der Waals surface area contributed by atoms with Crippen LogP contribution in [0, 0.1) is 6.92 Å². The average Bonchev–Trinajstić information content (AvgIpc) is 2.83. The molecule has 1 aromatic heterocycles. The number of anilines is 1. The minimum absolute atomic E-state index is 0.0843. The summed E-state index contributed by atoms with van der Waals surface area (Å²) < 4.78 is 0. The van der Waals surface area contributed by atoms with Crippen LogP contribution in [0.2, 0.25) is 0 Å². The topological polar surface area (TPSA) is 59.2 Å². The van der Waals surface area contributed by atoms with E-state index in [0.29, 0.717) is 24.6 Å². The number of benzene rings is 1. The Hall–Kier alpha value is -1.88. The monoisotopic (exact) mass is 289 g/mol. The van der Waals surface area contributed by atoms with Gasteiger partial charge in [0.1, 0.15) is 0 Å². The van der Waals surface area contributed by atoms with Gasteiger partial charge in [-0.3, -0.25) is 4.79 Å². The number of aromatic nitrogens is 1. The highest BCUT2D eigenvalue weighted by Crippen LogP contribution is 2.14. The molecule has 1 heterocycles. The molecule has 0 radical (unpaired) electrons. The molecule has 4 nitrogen and oxygen atoms in total. The fourth-order valence-corrected chi connectivity index (χ4v) is 2.60. The van der Waals surface area contributed by atoms with Crippen LogP contribution in [-0.2, 0) is 17.8 Å². The highest BCUT2D eigenvalue weighted by atomic mass is 32.1. The Labute approximate surface area is 123 Å². The molecule has 1 amide bonds. The zero-order valence-electron chi connectivity index (χ0n) is 11.8. The third-order valence-electron chi connectivity index (χ3n) is 3.26. The van der Waals surface area contributed by atoms with Crippen molar-refractivity contribution in [2.24, 2.45) is 0 Å². The molecule has 0 aliphatic heterocycles. The van der Waals surface area contributed by atoms with Crippen molar-refractivity contribution in [1.82, 2.24) is 9.88 Å². The summed E-state index contributed by atoms with van der Waals surface area (Å²) in [5, 5.41) is 2.35. The molecule has 0 bridgehead atoms. The maximum Gasteiger partial charge on any atom is 0.228 e. The second-order valence-electron chi connectivity index (χ2n) is 4.69. The molecule has 0 atom stereocenters. The predicted octanol–water partition coefficient (Wildman–Crippen LogP) is 2.62. The van der Waals surface area contributed by atoms with Gasteiger partial charge in [-0.25, -0.2) is 4.98 Å². The smallest absolute Gasteiger partial charge is 0.228 e. The number of carbonyl (C=O) groups is 1. The molecular weight excluding hydrogens is 270 g/mol. The molecule has 106 valence electrons. The first-order chi connectivity index (χ1) is 9.60. The molecular formula is C15H19N3OS. The first kappa shape index (κ1) is 14.5. The van der Waals surface area contributed by atoms with Crippen molar-refractivity contribution in [2.45, 2.75) is 26.8 Å². The number of rotatable bonds is 5. The highest BCUT2D eigenvalue weighted by Gasteiger charge is 2.15. The van der Waals surface area contributed by atoms with Gasteiger partial charge in [-0.1, -0.05) is 24.3 Å². The van der Waals surface area contributed by atoms with Crippen molar-refractivity contribution in [2.75, 3.05) is 12.3 Å². The van der Waals surface area contributed by atoms with E-state index in [1.54, 1.807) is 0 Å². The van der Waals surface area contributed by atoms with Crippen molar-refractivity contribution < 1.29 is 4.79 Å². The summed E-state index contributed by atoms with van der Waals surface area (Å²) >= 11 is 1.37. The van der Waals surface area contributed by atoms with Crippen LogP contribution < -0.4 is 5.73 Å². The van der Waals surface area contributed by atoms with Gasteiger partial charge >= 0.3 is 0 Å². The summed E-state index contributed by atoms with van der Waals surface area (Å²) in [6.45, 7) is 5.38. The van der Waals surface area contributed by atoms with Crippen LogP contribution in [0.15, 0.2) is 29.6 Å². The molecule has 0 aliphatic rings. The van der Waals surface area contributed by atoms with Crippen molar-refractivity contribution in [3.63, 3.8) is 0 Å². The lowest BCUT2D eigenvalue weighted by atomic mass is 10.1. The quantitative estimate of drug-likeness (QED) is 0.920. The standard InChI is InChI=1S/C15H19N3OS/c1-3-18(9-12-7-5-4-6-11(12)2)14(19)8-13-10-20-15(16)17-13/h4-7,10H,3,8-9H2,1-2H3,(H2,16,17). The van der Waals surface area contributed by atoms with Gasteiger partial charge < -0.3 is 10.6 Å².